The van der Waals surface area contributed by atoms with Gasteiger partial charge in [0.25, 0.3) is 0 Å². The van der Waals surface area contributed by atoms with E-state index in [-0.39, 0.29) is 12.1 Å². The lowest BCUT2D eigenvalue weighted by molar-refractivity contribution is 0.0292. The van der Waals surface area contributed by atoms with Crippen LogP contribution >= 0.6 is 0 Å². The summed E-state index contributed by atoms with van der Waals surface area (Å²) in [5.41, 5.74) is 2.44. The van der Waals surface area contributed by atoms with Crippen LogP contribution in [0.1, 0.15) is 42.9 Å². The minimum absolute atomic E-state index is 0.242. The molecule has 2 aliphatic rings. The molecule has 1 heterocycles. The van der Waals surface area contributed by atoms with Crippen LogP contribution in [-0.4, -0.2) is 42.4 Å². The van der Waals surface area contributed by atoms with Crippen LogP contribution in [0.2, 0.25) is 0 Å². The van der Waals surface area contributed by atoms with Gasteiger partial charge in [0, 0.05) is 25.7 Å². The number of benzene rings is 1. The fraction of sp³-hybridized carbons (Fsp3) is 0.625. The second-order valence-electron chi connectivity index (χ2n) is 5.78. The van der Waals surface area contributed by atoms with Gasteiger partial charge in [-0.1, -0.05) is 31.2 Å². The third kappa shape index (κ3) is 2.55. The monoisotopic (exact) mass is 261 g/mol. The molecule has 1 aliphatic heterocycles. The number of hydrogen-bond acceptors (Lipinski definition) is 3. The maximum Gasteiger partial charge on any atom is 0.0948 e. The highest BCUT2D eigenvalue weighted by molar-refractivity contribution is 5.35. The van der Waals surface area contributed by atoms with Crippen LogP contribution < -0.4 is 0 Å². The number of aliphatic hydroxyl groups excluding tert-OH is 1. The van der Waals surface area contributed by atoms with E-state index < -0.39 is 0 Å². The summed E-state index contributed by atoms with van der Waals surface area (Å²) in [6.45, 7) is 5.89. The van der Waals surface area contributed by atoms with Crippen molar-refractivity contribution in [3.8, 4) is 0 Å². The summed E-state index contributed by atoms with van der Waals surface area (Å²) in [4.78, 5) is 2.42. The number of nitrogens with zero attached hydrogens (tertiary/aromatic N) is 1. The van der Waals surface area contributed by atoms with Gasteiger partial charge in [-0.05, 0) is 29.9 Å². The molecule has 104 valence electrons. The molecule has 3 heteroatoms. The molecule has 3 rings (SSSR count). The Bertz CT molecular complexity index is 427. The van der Waals surface area contributed by atoms with E-state index in [9.17, 15) is 5.11 Å². The Hall–Kier alpha value is -0.900. The minimum Gasteiger partial charge on any atom is -0.387 e. The molecule has 0 radical (unpaired) electrons. The van der Waals surface area contributed by atoms with Crippen LogP contribution in [0.15, 0.2) is 24.3 Å². The Labute approximate surface area is 115 Å². The molecule has 1 N–H and O–H groups in total. The van der Waals surface area contributed by atoms with Gasteiger partial charge in [-0.3, -0.25) is 4.90 Å². The van der Waals surface area contributed by atoms with Crippen LogP contribution in [0.25, 0.3) is 0 Å². The Kier molecular flexibility index (Phi) is 3.87. The van der Waals surface area contributed by atoms with E-state index in [0.29, 0.717) is 5.92 Å². The third-order valence-electron chi connectivity index (χ3n) is 4.53. The lowest BCUT2D eigenvalue weighted by Crippen LogP contribution is -2.44. The highest BCUT2D eigenvalue weighted by atomic mass is 16.5. The Morgan fingerprint density at radius 2 is 1.95 bits per heavy atom. The van der Waals surface area contributed by atoms with Crippen LogP contribution in [0.3, 0.4) is 0 Å². The Morgan fingerprint density at radius 1 is 1.16 bits per heavy atom. The predicted octanol–water partition coefficient (Wildman–Crippen LogP) is 2.32. The second kappa shape index (κ2) is 5.61. The van der Waals surface area contributed by atoms with Gasteiger partial charge in [0.1, 0.15) is 0 Å². The highest BCUT2D eigenvalue weighted by Gasteiger charge is 2.35. The van der Waals surface area contributed by atoms with E-state index in [0.717, 1.165) is 44.7 Å². The van der Waals surface area contributed by atoms with Gasteiger partial charge < -0.3 is 9.84 Å². The zero-order valence-corrected chi connectivity index (χ0v) is 11.6. The van der Waals surface area contributed by atoms with Gasteiger partial charge in [-0.2, -0.15) is 0 Å². The van der Waals surface area contributed by atoms with Gasteiger partial charge in [0.15, 0.2) is 0 Å². The summed E-state index contributed by atoms with van der Waals surface area (Å²) in [7, 11) is 0. The summed E-state index contributed by atoms with van der Waals surface area (Å²) in [6, 6.07) is 8.58. The smallest absolute Gasteiger partial charge is 0.0948 e. The first kappa shape index (κ1) is 13.1. The van der Waals surface area contributed by atoms with Crippen molar-refractivity contribution in [1.29, 1.82) is 0 Å². The van der Waals surface area contributed by atoms with E-state index in [4.69, 9.17) is 4.74 Å². The standard InChI is InChI=1S/C16H23NO2/c1-12-11-15(17-7-4-9-19-10-8-17)16(18)14-6-3-2-5-13(12)14/h2-3,5-6,12,15-16,18H,4,7-11H2,1H3. The van der Waals surface area contributed by atoms with Crippen molar-refractivity contribution in [3.63, 3.8) is 0 Å². The Balaban J connectivity index is 1.84. The van der Waals surface area contributed by atoms with Crippen molar-refractivity contribution in [3.05, 3.63) is 35.4 Å². The summed E-state index contributed by atoms with van der Waals surface area (Å²) in [5.74, 6) is 0.522. The highest BCUT2D eigenvalue weighted by Crippen LogP contribution is 2.39. The number of fused-ring (bicyclic) bond motifs is 1. The number of aliphatic hydroxyl groups is 1. The number of rotatable bonds is 1. The molecular weight excluding hydrogens is 238 g/mol. The molecule has 1 aliphatic carbocycles. The molecule has 0 bridgehead atoms. The fourth-order valence-corrected chi connectivity index (χ4v) is 3.50. The van der Waals surface area contributed by atoms with Crippen molar-refractivity contribution >= 4 is 0 Å². The topological polar surface area (TPSA) is 32.7 Å². The maximum absolute atomic E-state index is 10.7. The minimum atomic E-state index is -0.356. The molecule has 0 saturated carbocycles. The molecule has 19 heavy (non-hydrogen) atoms. The molecule has 0 aromatic heterocycles. The summed E-state index contributed by atoms with van der Waals surface area (Å²) >= 11 is 0. The molecule has 1 saturated heterocycles. The van der Waals surface area contributed by atoms with Crippen molar-refractivity contribution in [2.24, 2.45) is 0 Å². The molecule has 3 atom stereocenters. The second-order valence-corrected chi connectivity index (χ2v) is 5.78. The quantitative estimate of drug-likeness (QED) is 0.842. The first-order valence-electron chi connectivity index (χ1n) is 7.36. The SMILES string of the molecule is CC1CC(N2CCCOCC2)C(O)c2ccccc21. The molecule has 1 aromatic carbocycles. The fourth-order valence-electron chi connectivity index (χ4n) is 3.50. The van der Waals surface area contributed by atoms with E-state index >= 15 is 0 Å². The van der Waals surface area contributed by atoms with E-state index in [2.05, 4.69) is 30.0 Å². The average molecular weight is 261 g/mol. The first-order chi connectivity index (χ1) is 9.27. The average Bonchev–Trinajstić information content (AvgIpc) is 2.72. The van der Waals surface area contributed by atoms with Gasteiger partial charge in [0.05, 0.1) is 12.7 Å². The van der Waals surface area contributed by atoms with Crippen molar-refractivity contribution in [1.82, 2.24) is 4.90 Å². The summed E-state index contributed by atoms with van der Waals surface area (Å²) in [6.07, 6.45) is 1.75. The predicted molar refractivity (Wildman–Crippen MR) is 75.2 cm³/mol. The van der Waals surface area contributed by atoms with E-state index in [1.54, 1.807) is 0 Å². The lowest BCUT2D eigenvalue weighted by atomic mass is 9.78. The largest absolute Gasteiger partial charge is 0.387 e. The molecule has 3 nitrogen and oxygen atoms in total. The van der Waals surface area contributed by atoms with Crippen LogP contribution in [-0.2, 0) is 4.74 Å². The van der Waals surface area contributed by atoms with Gasteiger partial charge in [-0.25, -0.2) is 0 Å². The summed E-state index contributed by atoms with van der Waals surface area (Å²) < 4.78 is 5.52. The third-order valence-corrected chi connectivity index (χ3v) is 4.53. The summed E-state index contributed by atoms with van der Waals surface area (Å²) in [5, 5.41) is 10.7. The van der Waals surface area contributed by atoms with E-state index in [1.807, 2.05) is 6.07 Å². The first-order valence-corrected chi connectivity index (χ1v) is 7.36. The normalized spacial score (nSPS) is 32.6. The van der Waals surface area contributed by atoms with Crippen LogP contribution in [0.4, 0.5) is 0 Å². The van der Waals surface area contributed by atoms with Crippen molar-refractivity contribution in [2.75, 3.05) is 26.3 Å². The van der Waals surface area contributed by atoms with Crippen molar-refractivity contribution < 1.29 is 9.84 Å². The molecule has 1 aromatic rings. The van der Waals surface area contributed by atoms with Gasteiger partial charge in [-0.15, -0.1) is 0 Å². The zero-order chi connectivity index (χ0) is 13.2. The lowest BCUT2D eigenvalue weighted by Gasteiger charge is -2.40. The van der Waals surface area contributed by atoms with Gasteiger partial charge >= 0.3 is 0 Å². The van der Waals surface area contributed by atoms with Crippen LogP contribution in [0, 0.1) is 0 Å². The maximum atomic E-state index is 10.7. The van der Waals surface area contributed by atoms with Gasteiger partial charge in [0.2, 0.25) is 0 Å². The molecule has 3 unspecified atom stereocenters. The molecule has 1 fully saturated rings. The van der Waals surface area contributed by atoms with E-state index in [1.165, 1.54) is 5.56 Å². The number of ether oxygens (including phenoxy) is 1. The Morgan fingerprint density at radius 3 is 2.79 bits per heavy atom. The molecular formula is C16H23NO2. The van der Waals surface area contributed by atoms with Crippen molar-refractivity contribution in [2.45, 2.75) is 37.8 Å². The molecule has 0 amide bonds. The number of hydrogen-bond donors (Lipinski definition) is 1. The molecule has 0 spiro atoms. The zero-order valence-electron chi connectivity index (χ0n) is 11.6. The van der Waals surface area contributed by atoms with Crippen LogP contribution in [0.5, 0.6) is 0 Å².